The number of aromatic amines is 1. The zero-order valence-corrected chi connectivity index (χ0v) is 18.8. The molecule has 164 valence electrons. The van der Waals surface area contributed by atoms with Crippen LogP contribution in [0.2, 0.25) is 5.02 Å². The number of hydrogen-bond acceptors (Lipinski definition) is 4. The summed E-state index contributed by atoms with van der Waals surface area (Å²) < 4.78 is 12.3. The minimum absolute atomic E-state index is 0.0672. The van der Waals surface area contributed by atoms with Crippen molar-refractivity contribution in [2.75, 3.05) is 39.3 Å². The molecular weight excluding hydrogens is 410 g/mol. The molecule has 2 aliphatic rings. The molecule has 0 bridgehead atoms. The van der Waals surface area contributed by atoms with E-state index in [1.807, 2.05) is 30.3 Å². The van der Waals surface area contributed by atoms with E-state index in [4.69, 9.17) is 21.1 Å². The molecule has 2 atom stereocenters. The fourth-order valence-electron chi connectivity index (χ4n) is 4.67. The molecule has 0 saturated carbocycles. The smallest absolute Gasteiger partial charge is 0.161 e. The number of halogens is 1. The normalized spacial score (nSPS) is 22.1. The Morgan fingerprint density at radius 3 is 2.55 bits per heavy atom. The summed E-state index contributed by atoms with van der Waals surface area (Å²) in [5, 5.41) is 2.05. The van der Waals surface area contributed by atoms with Crippen molar-refractivity contribution in [3.63, 3.8) is 0 Å². The number of fused-ring (bicyclic) bond motifs is 2. The van der Waals surface area contributed by atoms with Crippen molar-refractivity contribution < 1.29 is 9.47 Å². The van der Waals surface area contributed by atoms with Crippen molar-refractivity contribution in [3.05, 3.63) is 59.2 Å². The summed E-state index contributed by atoms with van der Waals surface area (Å²) in [4.78, 5) is 8.45. The van der Waals surface area contributed by atoms with Crippen LogP contribution in [0.4, 0.5) is 0 Å². The van der Waals surface area contributed by atoms with Crippen LogP contribution in [0.3, 0.4) is 0 Å². The summed E-state index contributed by atoms with van der Waals surface area (Å²) in [5.41, 5.74) is 2.53. The van der Waals surface area contributed by atoms with Crippen molar-refractivity contribution in [2.24, 2.45) is 0 Å². The molecule has 2 aliphatic heterocycles. The second-order valence-electron chi connectivity index (χ2n) is 8.68. The highest BCUT2D eigenvalue weighted by molar-refractivity contribution is 6.31. The van der Waals surface area contributed by atoms with Crippen LogP contribution in [0.5, 0.6) is 11.5 Å². The summed E-state index contributed by atoms with van der Waals surface area (Å²) >= 11 is 6.18. The van der Waals surface area contributed by atoms with Gasteiger partial charge in [-0.3, -0.25) is 4.90 Å². The predicted octanol–water partition coefficient (Wildman–Crippen LogP) is 4.60. The Kier molecular flexibility index (Phi) is 6.08. The van der Waals surface area contributed by atoms with Crippen LogP contribution in [0.25, 0.3) is 10.9 Å². The van der Waals surface area contributed by atoms with Crippen LogP contribution in [0, 0.1) is 0 Å². The molecule has 1 saturated heterocycles. The lowest BCUT2D eigenvalue weighted by atomic mass is 10.1. The standard InChI is InChI=1S/C25H30ClN3O2/c1-18-25(31-24-7-3-2-6-23(24)30-18)17-29-13-11-28(12-14-29)10-4-5-19-16-27-22-9-8-20(26)15-21(19)22/h2-3,6-9,15-16,18,25,27H,4-5,10-14,17H2,1H3. The number of aromatic nitrogens is 1. The minimum atomic E-state index is 0.0672. The summed E-state index contributed by atoms with van der Waals surface area (Å²) in [5.74, 6) is 1.72. The van der Waals surface area contributed by atoms with Gasteiger partial charge in [0.15, 0.2) is 11.5 Å². The molecular formula is C25H30ClN3O2. The van der Waals surface area contributed by atoms with Gasteiger partial charge in [-0.15, -0.1) is 0 Å². The van der Waals surface area contributed by atoms with Gasteiger partial charge in [-0.1, -0.05) is 23.7 Å². The van der Waals surface area contributed by atoms with E-state index in [1.165, 1.54) is 16.5 Å². The fourth-order valence-corrected chi connectivity index (χ4v) is 4.84. The molecule has 1 N–H and O–H groups in total. The van der Waals surface area contributed by atoms with Gasteiger partial charge in [-0.25, -0.2) is 0 Å². The van der Waals surface area contributed by atoms with Gasteiger partial charge >= 0.3 is 0 Å². The van der Waals surface area contributed by atoms with Gasteiger partial charge < -0.3 is 19.4 Å². The number of para-hydroxylation sites is 2. The highest BCUT2D eigenvalue weighted by Gasteiger charge is 2.30. The Hall–Kier alpha value is -2.21. The number of nitrogens with zero attached hydrogens (tertiary/aromatic N) is 2. The van der Waals surface area contributed by atoms with Crippen LogP contribution >= 0.6 is 11.6 Å². The Labute approximate surface area is 188 Å². The lowest BCUT2D eigenvalue weighted by Crippen LogP contribution is -2.52. The van der Waals surface area contributed by atoms with Gasteiger partial charge in [0.2, 0.25) is 0 Å². The highest BCUT2D eigenvalue weighted by atomic mass is 35.5. The molecule has 31 heavy (non-hydrogen) atoms. The van der Waals surface area contributed by atoms with Crippen LogP contribution in [-0.4, -0.2) is 66.3 Å². The van der Waals surface area contributed by atoms with Gasteiger partial charge in [0.1, 0.15) is 12.2 Å². The van der Waals surface area contributed by atoms with Gasteiger partial charge in [0, 0.05) is 54.8 Å². The van der Waals surface area contributed by atoms with E-state index in [9.17, 15) is 0 Å². The van der Waals surface area contributed by atoms with E-state index in [-0.39, 0.29) is 12.2 Å². The van der Waals surface area contributed by atoms with E-state index in [0.29, 0.717) is 0 Å². The largest absolute Gasteiger partial charge is 0.483 e. The number of hydrogen-bond donors (Lipinski definition) is 1. The van der Waals surface area contributed by atoms with E-state index in [1.54, 1.807) is 0 Å². The summed E-state index contributed by atoms with van der Waals surface area (Å²) in [6.45, 7) is 8.53. The maximum atomic E-state index is 6.23. The fraction of sp³-hybridized carbons (Fsp3) is 0.440. The zero-order valence-electron chi connectivity index (χ0n) is 18.0. The van der Waals surface area contributed by atoms with Crippen molar-refractivity contribution in [2.45, 2.75) is 32.0 Å². The Morgan fingerprint density at radius 1 is 1.00 bits per heavy atom. The Balaban J connectivity index is 1.07. The first-order valence-corrected chi connectivity index (χ1v) is 11.7. The van der Waals surface area contributed by atoms with Crippen LogP contribution in [0.15, 0.2) is 48.7 Å². The lowest BCUT2D eigenvalue weighted by Gasteiger charge is -2.39. The van der Waals surface area contributed by atoms with Gasteiger partial charge in [-0.2, -0.15) is 0 Å². The molecule has 1 fully saturated rings. The molecule has 0 amide bonds. The maximum Gasteiger partial charge on any atom is 0.161 e. The SMILES string of the molecule is CC1Oc2ccccc2OC1CN1CCN(CCCc2c[nH]c3ccc(Cl)cc23)CC1. The average Bonchev–Trinajstić information content (AvgIpc) is 3.17. The van der Waals surface area contributed by atoms with E-state index in [2.05, 4.69) is 40.0 Å². The number of piperazine rings is 1. The monoisotopic (exact) mass is 439 g/mol. The molecule has 2 unspecified atom stereocenters. The first-order chi connectivity index (χ1) is 15.2. The molecule has 0 radical (unpaired) electrons. The van der Waals surface area contributed by atoms with Gasteiger partial charge in [-0.05, 0) is 62.2 Å². The number of rotatable bonds is 6. The third-order valence-electron chi connectivity index (χ3n) is 6.52. The quantitative estimate of drug-likeness (QED) is 0.609. The number of nitrogens with one attached hydrogen (secondary N) is 1. The molecule has 6 heteroatoms. The first-order valence-electron chi connectivity index (χ1n) is 11.3. The number of benzene rings is 2. The lowest BCUT2D eigenvalue weighted by molar-refractivity contribution is -0.000249. The molecule has 5 rings (SSSR count). The average molecular weight is 440 g/mol. The van der Waals surface area contributed by atoms with Crippen molar-refractivity contribution in [3.8, 4) is 11.5 Å². The van der Waals surface area contributed by atoms with Gasteiger partial charge in [0.05, 0.1) is 0 Å². The third kappa shape index (κ3) is 4.69. The van der Waals surface area contributed by atoms with Crippen molar-refractivity contribution in [1.29, 1.82) is 0 Å². The summed E-state index contributed by atoms with van der Waals surface area (Å²) in [7, 11) is 0. The topological polar surface area (TPSA) is 40.7 Å². The maximum absolute atomic E-state index is 6.23. The number of H-pyrrole nitrogens is 1. The molecule has 5 nitrogen and oxygen atoms in total. The molecule has 0 spiro atoms. The predicted molar refractivity (Wildman–Crippen MR) is 125 cm³/mol. The first kappa shape index (κ1) is 20.7. The van der Waals surface area contributed by atoms with E-state index >= 15 is 0 Å². The zero-order chi connectivity index (χ0) is 21.2. The van der Waals surface area contributed by atoms with Gasteiger partial charge in [0.25, 0.3) is 0 Å². The molecule has 3 aromatic rings. The van der Waals surface area contributed by atoms with Crippen molar-refractivity contribution >= 4 is 22.5 Å². The van der Waals surface area contributed by atoms with E-state index < -0.39 is 0 Å². The Morgan fingerprint density at radius 2 is 1.74 bits per heavy atom. The molecule has 3 heterocycles. The highest BCUT2D eigenvalue weighted by Crippen LogP contribution is 2.33. The van der Waals surface area contributed by atoms with E-state index in [0.717, 1.165) is 68.6 Å². The van der Waals surface area contributed by atoms with Crippen LogP contribution < -0.4 is 9.47 Å². The second kappa shape index (κ2) is 9.11. The minimum Gasteiger partial charge on any atom is -0.483 e. The summed E-state index contributed by atoms with van der Waals surface area (Å²) in [6, 6.07) is 14.0. The van der Waals surface area contributed by atoms with Crippen molar-refractivity contribution in [1.82, 2.24) is 14.8 Å². The molecule has 1 aromatic heterocycles. The number of ether oxygens (including phenoxy) is 2. The van der Waals surface area contributed by atoms with Crippen LogP contribution in [0.1, 0.15) is 18.9 Å². The van der Waals surface area contributed by atoms with Crippen LogP contribution in [-0.2, 0) is 6.42 Å². The second-order valence-corrected chi connectivity index (χ2v) is 9.11. The Bertz CT molecular complexity index is 1030. The number of aryl methyl sites for hydroxylation is 1. The molecule has 0 aliphatic carbocycles. The summed E-state index contributed by atoms with van der Waals surface area (Å²) in [6.07, 6.45) is 4.51. The molecule has 2 aromatic carbocycles. The third-order valence-corrected chi connectivity index (χ3v) is 6.75.